The average molecular weight is 373 g/mol. The molecular weight excluding hydrogens is 358 g/mol. The molecule has 1 rings (SSSR count). The molecule has 0 radical (unpaired) electrons. The third-order valence-electron chi connectivity index (χ3n) is 2.31. The Kier molecular flexibility index (Phi) is 6.37. The fourth-order valence-corrected chi connectivity index (χ4v) is 1.81. The van der Waals surface area contributed by atoms with Crippen molar-refractivity contribution in [1.29, 1.82) is 0 Å². The summed E-state index contributed by atoms with van der Waals surface area (Å²) < 4.78 is 41.1. The van der Waals surface area contributed by atoms with Crippen molar-refractivity contribution in [2.24, 2.45) is 5.73 Å². The first kappa shape index (κ1) is 15.7. The zero-order chi connectivity index (χ0) is 13.6. The molecule has 0 amide bonds. The van der Waals surface area contributed by atoms with E-state index in [9.17, 15) is 13.2 Å². The van der Waals surface area contributed by atoms with Gasteiger partial charge in [-0.1, -0.05) is 12.1 Å². The van der Waals surface area contributed by atoms with Crippen LogP contribution in [0.2, 0.25) is 0 Å². The van der Waals surface area contributed by atoms with Crippen molar-refractivity contribution in [3.05, 3.63) is 33.4 Å². The van der Waals surface area contributed by atoms with Gasteiger partial charge < -0.3 is 10.5 Å². The third kappa shape index (κ3) is 7.17. The van der Waals surface area contributed by atoms with Gasteiger partial charge in [-0.05, 0) is 53.1 Å². The number of halogens is 4. The van der Waals surface area contributed by atoms with Gasteiger partial charge in [0.25, 0.3) is 0 Å². The van der Waals surface area contributed by atoms with Gasteiger partial charge in [0.2, 0.25) is 0 Å². The number of alkyl halides is 3. The lowest BCUT2D eigenvalue weighted by atomic mass is 10.0. The van der Waals surface area contributed by atoms with Crippen LogP contribution in [0.3, 0.4) is 0 Å². The van der Waals surface area contributed by atoms with Crippen LogP contribution in [0.25, 0.3) is 0 Å². The van der Waals surface area contributed by atoms with Gasteiger partial charge in [0.1, 0.15) is 6.61 Å². The van der Waals surface area contributed by atoms with E-state index in [0.29, 0.717) is 12.8 Å². The SMILES string of the molecule is NC(CCOCC(F)(F)F)Cc1ccc(I)cc1. The van der Waals surface area contributed by atoms with Gasteiger partial charge in [0.15, 0.2) is 0 Å². The maximum Gasteiger partial charge on any atom is 0.411 e. The van der Waals surface area contributed by atoms with Crippen LogP contribution in [0.1, 0.15) is 12.0 Å². The fraction of sp³-hybridized carbons (Fsp3) is 0.500. The maximum absolute atomic E-state index is 11.8. The topological polar surface area (TPSA) is 35.2 Å². The molecule has 0 fully saturated rings. The van der Waals surface area contributed by atoms with Crippen LogP contribution in [-0.4, -0.2) is 25.4 Å². The molecule has 0 spiro atoms. The minimum absolute atomic E-state index is 0.0328. The Morgan fingerprint density at radius 1 is 1.22 bits per heavy atom. The van der Waals surface area contributed by atoms with Crippen molar-refractivity contribution >= 4 is 22.6 Å². The number of ether oxygens (including phenoxy) is 1. The summed E-state index contributed by atoms with van der Waals surface area (Å²) in [6.07, 6.45) is -3.20. The largest absolute Gasteiger partial charge is 0.411 e. The molecule has 0 aliphatic heterocycles. The average Bonchev–Trinajstić information content (AvgIpc) is 2.26. The first-order valence-electron chi connectivity index (χ1n) is 5.51. The predicted molar refractivity (Wildman–Crippen MR) is 72.3 cm³/mol. The molecule has 1 aromatic carbocycles. The van der Waals surface area contributed by atoms with E-state index in [2.05, 4.69) is 27.3 Å². The summed E-state index contributed by atoms with van der Waals surface area (Å²) in [5.74, 6) is 0. The van der Waals surface area contributed by atoms with E-state index in [4.69, 9.17) is 5.73 Å². The Morgan fingerprint density at radius 3 is 2.39 bits per heavy atom. The summed E-state index contributed by atoms with van der Waals surface area (Å²) in [5, 5.41) is 0. The summed E-state index contributed by atoms with van der Waals surface area (Å²) in [4.78, 5) is 0. The third-order valence-corrected chi connectivity index (χ3v) is 3.03. The van der Waals surface area contributed by atoms with Gasteiger partial charge in [-0.3, -0.25) is 0 Å². The molecule has 1 unspecified atom stereocenters. The van der Waals surface area contributed by atoms with E-state index in [1.807, 2.05) is 24.3 Å². The van der Waals surface area contributed by atoms with Gasteiger partial charge in [-0.25, -0.2) is 0 Å². The van der Waals surface area contributed by atoms with E-state index in [1.165, 1.54) is 0 Å². The standard InChI is InChI=1S/C12H15F3INO/c13-12(14,15)8-18-6-5-11(17)7-9-1-3-10(16)4-2-9/h1-4,11H,5-8,17H2. The molecule has 2 N–H and O–H groups in total. The van der Waals surface area contributed by atoms with Crippen molar-refractivity contribution in [1.82, 2.24) is 0 Å². The molecule has 18 heavy (non-hydrogen) atoms. The lowest BCUT2D eigenvalue weighted by Crippen LogP contribution is -2.26. The molecule has 102 valence electrons. The van der Waals surface area contributed by atoms with Crippen LogP contribution < -0.4 is 5.73 Å². The van der Waals surface area contributed by atoms with Gasteiger partial charge in [-0.2, -0.15) is 13.2 Å². The second-order valence-electron chi connectivity index (χ2n) is 4.05. The minimum Gasteiger partial charge on any atom is -0.372 e. The molecule has 0 heterocycles. The number of rotatable bonds is 6. The van der Waals surface area contributed by atoms with E-state index < -0.39 is 12.8 Å². The quantitative estimate of drug-likeness (QED) is 0.615. The first-order chi connectivity index (χ1) is 8.37. The highest BCUT2D eigenvalue weighted by molar-refractivity contribution is 14.1. The Hall–Kier alpha value is -0.340. The molecule has 0 saturated carbocycles. The number of hydrogen-bond donors (Lipinski definition) is 1. The summed E-state index contributed by atoms with van der Waals surface area (Å²) >= 11 is 2.21. The lowest BCUT2D eigenvalue weighted by Gasteiger charge is -2.13. The molecule has 0 bridgehead atoms. The first-order valence-corrected chi connectivity index (χ1v) is 6.59. The van der Waals surface area contributed by atoms with E-state index in [0.717, 1.165) is 9.13 Å². The second-order valence-corrected chi connectivity index (χ2v) is 5.29. The molecule has 1 atom stereocenters. The van der Waals surface area contributed by atoms with Crippen molar-refractivity contribution in [2.75, 3.05) is 13.2 Å². The number of nitrogens with two attached hydrogens (primary N) is 1. The number of hydrogen-bond acceptors (Lipinski definition) is 2. The Morgan fingerprint density at radius 2 is 1.83 bits per heavy atom. The van der Waals surface area contributed by atoms with Crippen LogP contribution in [0, 0.1) is 3.57 Å². The lowest BCUT2D eigenvalue weighted by molar-refractivity contribution is -0.174. The predicted octanol–water partition coefficient (Wildman–Crippen LogP) is 3.13. The Labute approximate surface area is 118 Å². The molecular formula is C12H15F3INO. The monoisotopic (exact) mass is 373 g/mol. The molecule has 0 aliphatic rings. The zero-order valence-corrected chi connectivity index (χ0v) is 11.9. The molecule has 2 nitrogen and oxygen atoms in total. The summed E-state index contributed by atoms with van der Waals surface area (Å²) in [7, 11) is 0. The highest BCUT2D eigenvalue weighted by atomic mass is 127. The highest BCUT2D eigenvalue weighted by Gasteiger charge is 2.27. The van der Waals surface area contributed by atoms with Gasteiger partial charge in [-0.15, -0.1) is 0 Å². The Balaban J connectivity index is 2.21. The Bertz CT molecular complexity index is 353. The maximum atomic E-state index is 11.8. The summed E-state index contributed by atoms with van der Waals surface area (Å²) in [5.41, 5.74) is 6.91. The highest BCUT2D eigenvalue weighted by Crippen LogP contribution is 2.15. The normalized spacial score (nSPS) is 13.6. The molecule has 0 aromatic heterocycles. The van der Waals surface area contributed by atoms with Crippen molar-refractivity contribution in [2.45, 2.75) is 25.1 Å². The van der Waals surface area contributed by atoms with Crippen LogP contribution >= 0.6 is 22.6 Å². The smallest absolute Gasteiger partial charge is 0.372 e. The summed E-state index contributed by atoms with van der Waals surface area (Å²) in [6.45, 7) is -1.17. The molecule has 0 saturated heterocycles. The van der Waals surface area contributed by atoms with Gasteiger partial charge >= 0.3 is 6.18 Å². The molecule has 0 aliphatic carbocycles. The van der Waals surface area contributed by atoms with Crippen molar-refractivity contribution in [3.63, 3.8) is 0 Å². The van der Waals surface area contributed by atoms with Gasteiger partial charge in [0, 0.05) is 16.2 Å². The van der Waals surface area contributed by atoms with Crippen LogP contribution in [0.15, 0.2) is 24.3 Å². The second kappa shape index (κ2) is 7.30. The fourth-order valence-electron chi connectivity index (χ4n) is 1.45. The van der Waals surface area contributed by atoms with E-state index >= 15 is 0 Å². The van der Waals surface area contributed by atoms with E-state index in [1.54, 1.807) is 0 Å². The van der Waals surface area contributed by atoms with Gasteiger partial charge in [0.05, 0.1) is 0 Å². The zero-order valence-electron chi connectivity index (χ0n) is 9.71. The summed E-state index contributed by atoms with van der Waals surface area (Å²) in [6, 6.07) is 7.71. The van der Waals surface area contributed by atoms with Crippen molar-refractivity contribution < 1.29 is 17.9 Å². The van der Waals surface area contributed by atoms with Crippen molar-refractivity contribution in [3.8, 4) is 0 Å². The number of benzene rings is 1. The van der Waals surface area contributed by atoms with E-state index in [-0.39, 0.29) is 12.6 Å². The molecule has 6 heteroatoms. The minimum atomic E-state index is -4.26. The van der Waals surface area contributed by atoms with Crippen LogP contribution in [0.5, 0.6) is 0 Å². The molecule has 1 aromatic rings. The van der Waals surface area contributed by atoms with Crippen LogP contribution in [-0.2, 0) is 11.2 Å². The van der Waals surface area contributed by atoms with Crippen LogP contribution in [0.4, 0.5) is 13.2 Å².